The maximum Gasteiger partial charge on any atom is 0.230 e. The van der Waals surface area contributed by atoms with Crippen molar-refractivity contribution in [2.45, 2.75) is 33.2 Å². The largest absolute Gasteiger partial charge is 0.340 e. The van der Waals surface area contributed by atoms with Crippen LogP contribution in [0.25, 0.3) is 0 Å². The number of piperazine rings is 1. The molecule has 0 aromatic carbocycles. The first-order chi connectivity index (χ1) is 10.6. The minimum Gasteiger partial charge on any atom is -0.340 e. The number of pyridine rings is 1. The van der Waals surface area contributed by atoms with Crippen LogP contribution in [-0.2, 0) is 11.3 Å². The number of aromatic nitrogens is 1. The van der Waals surface area contributed by atoms with E-state index in [1.165, 1.54) is 0 Å². The molecule has 0 aliphatic carbocycles. The lowest BCUT2D eigenvalue weighted by molar-refractivity contribution is -0.144. The predicted molar refractivity (Wildman–Crippen MR) is 110 cm³/mol. The maximum absolute atomic E-state index is 12.8. The van der Waals surface area contributed by atoms with Crippen molar-refractivity contribution in [3.63, 3.8) is 0 Å². The summed E-state index contributed by atoms with van der Waals surface area (Å²) in [6.45, 7) is 8.78. The lowest BCUT2D eigenvalue weighted by Gasteiger charge is -2.40. The number of carbonyl (C=O) groups is 1. The zero-order valence-electron chi connectivity index (χ0n) is 15.0. The SMILES string of the molecule is CCC(CC)(CN)C(=O)N1CCN(Cc2ccccn2)CC1.Cl.Cl.Cl. The molecule has 1 saturated heterocycles. The van der Waals surface area contributed by atoms with Crippen molar-refractivity contribution >= 4 is 43.1 Å². The van der Waals surface area contributed by atoms with Crippen LogP contribution in [0.5, 0.6) is 0 Å². The normalized spacial score (nSPS) is 14.8. The summed E-state index contributed by atoms with van der Waals surface area (Å²) in [6, 6.07) is 5.99. The summed E-state index contributed by atoms with van der Waals surface area (Å²) in [5.41, 5.74) is 6.61. The second-order valence-electron chi connectivity index (χ2n) is 6.08. The molecule has 0 atom stereocenters. The molecule has 0 saturated carbocycles. The van der Waals surface area contributed by atoms with Crippen molar-refractivity contribution in [3.05, 3.63) is 30.1 Å². The van der Waals surface area contributed by atoms with Gasteiger partial charge in [-0.25, -0.2) is 0 Å². The lowest BCUT2D eigenvalue weighted by Crippen LogP contribution is -2.54. The van der Waals surface area contributed by atoms with Crippen molar-refractivity contribution < 1.29 is 4.79 Å². The molecule has 0 radical (unpaired) electrons. The number of nitrogens with zero attached hydrogens (tertiary/aromatic N) is 3. The van der Waals surface area contributed by atoms with E-state index in [1.54, 1.807) is 0 Å². The fourth-order valence-electron chi connectivity index (χ4n) is 3.09. The van der Waals surface area contributed by atoms with Gasteiger partial charge >= 0.3 is 0 Å². The number of rotatable bonds is 6. The average Bonchev–Trinajstić information content (AvgIpc) is 2.58. The summed E-state index contributed by atoms with van der Waals surface area (Å²) >= 11 is 0. The van der Waals surface area contributed by atoms with Gasteiger partial charge in [-0.3, -0.25) is 14.7 Å². The second-order valence-corrected chi connectivity index (χ2v) is 6.08. The van der Waals surface area contributed by atoms with Crippen LogP contribution in [0, 0.1) is 5.41 Å². The van der Waals surface area contributed by atoms with Crippen LogP contribution in [0.15, 0.2) is 24.4 Å². The molecule has 1 aromatic rings. The van der Waals surface area contributed by atoms with Gasteiger partial charge in [0.15, 0.2) is 0 Å². The van der Waals surface area contributed by atoms with E-state index in [0.717, 1.165) is 51.3 Å². The standard InChI is InChI=1S/C17H28N4O.3ClH/c1-3-17(4-2,14-18)16(22)21-11-9-20(10-12-21)13-15-7-5-6-8-19-15;;;/h5-8H,3-4,9-14,18H2,1-2H3;3*1H. The molecular weight excluding hydrogens is 383 g/mol. The number of hydrogen-bond acceptors (Lipinski definition) is 4. The number of hydrogen-bond donors (Lipinski definition) is 1. The van der Waals surface area contributed by atoms with Crippen LogP contribution in [0.2, 0.25) is 0 Å². The molecule has 0 bridgehead atoms. The Hall–Kier alpha value is -0.590. The molecule has 5 nitrogen and oxygen atoms in total. The molecule has 1 fully saturated rings. The fraction of sp³-hybridized carbons (Fsp3) is 0.647. The van der Waals surface area contributed by atoms with Crippen molar-refractivity contribution in [1.82, 2.24) is 14.8 Å². The molecule has 0 spiro atoms. The molecule has 146 valence electrons. The Morgan fingerprint density at radius 2 is 1.72 bits per heavy atom. The van der Waals surface area contributed by atoms with Gasteiger partial charge in [0.25, 0.3) is 0 Å². The summed E-state index contributed by atoms with van der Waals surface area (Å²) in [5, 5.41) is 0. The first-order valence-electron chi connectivity index (χ1n) is 8.27. The number of halogens is 3. The van der Waals surface area contributed by atoms with Crippen LogP contribution in [-0.4, -0.2) is 53.4 Å². The molecule has 2 N–H and O–H groups in total. The summed E-state index contributed by atoms with van der Waals surface area (Å²) in [4.78, 5) is 21.5. The van der Waals surface area contributed by atoms with E-state index in [9.17, 15) is 4.79 Å². The second kappa shape index (κ2) is 12.7. The molecule has 8 heteroatoms. The Bertz CT molecular complexity index is 470. The van der Waals surface area contributed by atoms with Crippen molar-refractivity contribution in [3.8, 4) is 0 Å². The van der Waals surface area contributed by atoms with Crippen LogP contribution in [0.3, 0.4) is 0 Å². The van der Waals surface area contributed by atoms with Crippen LogP contribution >= 0.6 is 37.2 Å². The van der Waals surface area contributed by atoms with E-state index in [2.05, 4.69) is 23.7 Å². The zero-order valence-corrected chi connectivity index (χ0v) is 17.5. The van der Waals surface area contributed by atoms with Crippen molar-refractivity contribution in [1.29, 1.82) is 0 Å². The molecule has 2 rings (SSSR count). The molecule has 1 aromatic heterocycles. The highest BCUT2D eigenvalue weighted by atomic mass is 35.5. The first-order valence-corrected chi connectivity index (χ1v) is 8.27. The highest BCUT2D eigenvalue weighted by Gasteiger charge is 2.37. The molecule has 0 unspecified atom stereocenters. The van der Waals surface area contributed by atoms with Gasteiger partial charge in [-0.2, -0.15) is 0 Å². The topological polar surface area (TPSA) is 62.5 Å². The van der Waals surface area contributed by atoms with Gasteiger partial charge in [0.1, 0.15) is 0 Å². The first kappa shape index (κ1) is 26.6. The number of amides is 1. The lowest BCUT2D eigenvalue weighted by atomic mass is 9.81. The Morgan fingerprint density at radius 3 is 2.16 bits per heavy atom. The Morgan fingerprint density at radius 1 is 1.12 bits per heavy atom. The smallest absolute Gasteiger partial charge is 0.230 e. The number of carbonyl (C=O) groups excluding carboxylic acids is 1. The maximum atomic E-state index is 12.8. The van der Waals surface area contributed by atoms with Gasteiger partial charge in [0.05, 0.1) is 11.1 Å². The molecule has 2 heterocycles. The fourth-order valence-corrected chi connectivity index (χ4v) is 3.09. The summed E-state index contributed by atoms with van der Waals surface area (Å²) in [6.07, 6.45) is 3.45. The number of nitrogens with two attached hydrogens (primary N) is 1. The molecule has 1 amide bonds. The Kier molecular flexibility index (Phi) is 13.5. The third-order valence-corrected chi connectivity index (χ3v) is 4.97. The van der Waals surface area contributed by atoms with Crippen molar-refractivity contribution in [2.75, 3.05) is 32.7 Å². The Labute approximate surface area is 170 Å². The summed E-state index contributed by atoms with van der Waals surface area (Å²) in [7, 11) is 0. The summed E-state index contributed by atoms with van der Waals surface area (Å²) in [5.74, 6) is 0.234. The van der Waals surface area contributed by atoms with Gasteiger partial charge in [0, 0.05) is 45.5 Å². The van der Waals surface area contributed by atoms with Crippen LogP contribution in [0.4, 0.5) is 0 Å². The van der Waals surface area contributed by atoms with Gasteiger partial charge in [-0.1, -0.05) is 19.9 Å². The van der Waals surface area contributed by atoms with E-state index in [0.29, 0.717) is 6.54 Å². The highest BCUT2D eigenvalue weighted by Crippen LogP contribution is 2.28. The predicted octanol–water partition coefficient (Wildman–Crippen LogP) is 2.76. The average molecular weight is 414 g/mol. The van der Waals surface area contributed by atoms with E-state index in [-0.39, 0.29) is 48.5 Å². The monoisotopic (exact) mass is 412 g/mol. The van der Waals surface area contributed by atoms with E-state index in [1.807, 2.05) is 29.3 Å². The minimum absolute atomic E-state index is 0. The third-order valence-electron chi connectivity index (χ3n) is 4.97. The molecular formula is C17H31Cl3N4O. The van der Waals surface area contributed by atoms with Crippen LogP contribution in [0.1, 0.15) is 32.4 Å². The van der Waals surface area contributed by atoms with E-state index >= 15 is 0 Å². The zero-order chi connectivity index (χ0) is 16.0. The van der Waals surface area contributed by atoms with Gasteiger partial charge in [0.2, 0.25) is 5.91 Å². The molecule has 1 aliphatic rings. The van der Waals surface area contributed by atoms with Gasteiger partial charge in [-0.05, 0) is 25.0 Å². The Balaban J connectivity index is 0. The quantitative estimate of drug-likeness (QED) is 0.779. The summed E-state index contributed by atoms with van der Waals surface area (Å²) < 4.78 is 0. The van der Waals surface area contributed by atoms with E-state index in [4.69, 9.17) is 5.73 Å². The van der Waals surface area contributed by atoms with Crippen molar-refractivity contribution in [2.24, 2.45) is 11.1 Å². The van der Waals surface area contributed by atoms with E-state index < -0.39 is 0 Å². The van der Waals surface area contributed by atoms with Gasteiger partial charge in [-0.15, -0.1) is 37.2 Å². The molecule has 25 heavy (non-hydrogen) atoms. The highest BCUT2D eigenvalue weighted by molar-refractivity contribution is 5.86. The molecule has 1 aliphatic heterocycles. The third kappa shape index (κ3) is 6.57. The minimum atomic E-state index is -0.372. The van der Waals surface area contributed by atoms with Crippen LogP contribution < -0.4 is 5.73 Å². The van der Waals surface area contributed by atoms with Gasteiger partial charge < -0.3 is 10.6 Å².